The minimum atomic E-state index is -5.11. The van der Waals surface area contributed by atoms with Crippen LogP contribution >= 0.6 is 0 Å². The van der Waals surface area contributed by atoms with Crippen LogP contribution in [0.3, 0.4) is 0 Å². The van der Waals surface area contributed by atoms with Crippen LogP contribution in [0.5, 0.6) is 0 Å². The molecule has 0 fully saturated rings. The van der Waals surface area contributed by atoms with Crippen molar-refractivity contribution in [2.24, 2.45) is 17.8 Å². The summed E-state index contributed by atoms with van der Waals surface area (Å²) in [6.07, 6.45) is 4.98. The number of rotatable bonds is 16. The van der Waals surface area contributed by atoms with Gasteiger partial charge in [-0.25, -0.2) is 0 Å². The first-order valence-corrected chi connectivity index (χ1v) is 11.7. The van der Waals surface area contributed by atoms with E-state index in [0.29, 0.717) is 31.1 Å². The van der Waals surface area contributed by atoms with Crippen LogP contribution in [-0.4, -0.2) is 69.4 Å². The zero-order valence-electron chi connectivity index (χ0n) is 18.7. The summed E-state index contributed by atoms with van der Waals surface area (Å²) in [6, 6.07) is 0. The van der Waals surface area contributed by atoms with Crippen molar-refractivity contribution in [3.05, 3.63) is 0 Å². The summed E-state index contributed by atoms with van der Waals surface area (Å²) in [5.74, 6) is -3.97. The van der Waals surface area contributed by atoms with Gasteiger partial charge in [-0.15, -0.1) is 0 Å². The van der Waals surface area contributed by atoms with Gasteiger partial charge in [0.05, 0.1) is 5.92 Å². The van der Waals surface area contributed by atoms with Crippen LogP contribution in [-0.2, 0) is 19.7 Å². The second-order valence-electron chi connectivity index (χ2n) is 8.59. The zero-order chi connectivity index (χ0) is 22.0. The van der Waals surface area contributed by atoms with Gasteiger partial charge in [0, 0.05) is 29.6 Å². The van der Waals surface area contributed by atoms with Crippen molar-refractivity contribution in [2.45, 2.75) is 96.7 Å². The predicted octanol–water partition coefficient (Wildman–Crippen LogP) is 4.23. The van der Waals surface area contributed by atoms with Gasteiger partial charge in [0.2, 0.25) is 4.75 Å². The second kappa shape index (κ2) is 14.8. The summed E-state index contributed by atoms with van der Waals surface area (Å²) < 4.78 is 31.3. The molecular weight excluding hydrogens is 407 g/mol. The number of hydrogen-bond acceptors (Lipinski definition) is 4. The van der Waals surface area contributed by atoms with Crippen LogP contribution in [0.2, 0.25) is 0 Å². The maximum Gasteiger partial charge on any atom is 0.328 e. The summed E-state index contributed by atoms with van der Waals surface area (Å²) in [6.45, 7) is 8.26. The van der Waals surface area contributed by atoms with Gasteiger partial charge in [-0.3, -0.25) is 14.1 Å². The molecule has 0 aliphatic carbocycles. The van der Waals surface area contributed by atoms with Crippen molar-refractivity contribution in [1.29, 1.82) is 0 Å². The first-order valence-electron chi connectivity index (χ1n) is 10.3. The number of carboxylic acids is 2. The van der Waals surface area contributed by atoms with E-state index >= 15 is 0 Å². The van der Waals surface area contributed by atoms with Crippen molar-refractivity contribution < 1.29 is 32.8 Å². The molecule has 0 heterocycles. The first-order chi connectivity index (χ1) is 12.9. The van der Waals surface area contributed by atoms with E-state index in [-0.39, 0.29) is 42.4 Å². The molecule has 0 aliphatic rings. The minimum Gasteiger partial charge on any atom is -0.481 e. The maximum absolute atomic E-state index is 12.1. The Kier molecular flexibility index (Phi) is 15.8. The average molecular weight is 446 g/mol. The quantitative estimate of drug-likeness (QED) is 0.184. The monoisotopic (exact) mass is 445 g/mol. The van der Waals surface area contributed by atoms with Crippen molar-refractivity contribution >= 4 is 51.6 Å². The van der Waals surface area contributed by atoms with Crippen LogP contribution in [0.4, 0.5) is 0 Å². The largest absolute Gasteiger partial charge is 0.481 e. The SMILES string of the molecule is CC(C)CCCCCC(C(=O)O)C(CCCCCC(C)C)(C(=O)O)S(=O)(=O)O.[Na]. The van der Waals surface area contributed by atoms with E-state index in [0.717, 1.165) is 25.7 Å². The van der Waals surface area contributed by atoms with E-state index in [1.807, 2.05) is 0 Å². The molecule has 2 atom stereocenters. The fraction of sp³-hybridized carbons (Fsp3) is 0.900. The van der Waals surface area contributed by atoms with E-state index in [9.17, 15) is 32.8 Å². The smallest absolute Gasteiger partial charge is 0.328 e. The van der Waals surface area contributed by atoms with Crippen LogP contribution in [0.15, 0.2) is 0 Å². The van der Waals surface area contributed by atoms with E-state index in [4.69, 9.17) is 0 Å². The Morgan fingerprint density at radius 1 is 0.793 bits per heavy atom. The molecule has 0 rings (SSSR count). The Morgan fingerprint density at radius 3 is 1.55 bits per heavy atom. The van der Waals surface area contributed by atoms with Gasteiger partial charge < -0.3 is 10.2 Å². The van der Waals surface area contributed by atoms with Crippen molar-refractivity contribution in [1.82, 2.24) is 0 Å². The Bertz CT molecular complexity index is 590. The fourth-order valence-electron chi connectivity index (χ4n) is 3.60. The molecule has 0 aromatic rings. The molecule has 0 aliphatic heterocycles. The predicted molar refractivity (Wildman–Crippen MR) is 115 cm³/mol. The van der Waals surface area contributed by atoms with Crippen LogP contribution in [0.25, 0.3) is 0 Å². The number of carbonyl (C=O) groups is 2. The molecule has 2 unspecified atom stereocenters. The summed E-state index contributed by atoms with van der Waals surface area (Å²) in [4.78, 5) is 23.8. The van der Waals surface area contributed by atoms with Crippen molar-refractivity contribution in [3.63, 3.8) is 0 Å². The van der Waals surface area contributed by atoms with Crippen molar-refractivity contribution in [3.8, 4) is 0 Å². The zero-order valence-corrected chi connectivity index (χ0v) is 21.5. The molecule has 167 valence electrons. The molecule has 0 aromatic carbocycles. The molecule has 3 N–H and O–H groups in total. The number of aliphatic carboxylic acids is 2. The summed E-state index contributed by atoms with van der Waals surface area (Å²) in [5.41, 5.74) is 0. The maximum atomic E-state index is 12.1. The molecule has 0 saturated heterocycles. The molecule has 0 bridgehead atoms. The number of hydrogen-bond donors (Lipinski definition) is 3. The van der Waals surface area contributed by atoms with Gasteiger partial charge >= 0.3 is 11.9 Å². The van der Waals surface area contributed by atoms with Gasteiger partial charge in [-0.05, 0) is 24.7 Å². The number of unbranched alkanes of at least 4 members (excludes halogenated alkanes) is 4. The Hall–Kier alpha value is -0.150. The van der Waals surface area contributed by atoms with Gasteiger partial charge in [-0.1, -0.05) is 79.1 Å². The van der Waals surface area contributed by atoms with E-state index < -0.39 is 39.1 Å². The summed E-state index contributed by atoms with van der Waals surface area (Å²) in [5, 5.41) is 19.3. The fourth-order valence-corrected chi connectivity index (χ4v) is 4.80. The molecule has 29 heavy (non-hydrogen) atoms. The third-order valence-electron chi connectivity index (χ3n) is 5.29. The standard InChI is InChI=1S/C20H38O7S.Na/c1-15(2)11-7-5-9-13-17(18(21)22)20(19(23)24,28(25,26)27)14-10-6-8-12-16(3)4;/h15-17H,5-14H2,1-4H3,(H,21,22)(H,23,24)(H,25,26,27);. The Labute approximate surface area is 198 Å². The van der Waals surface area contributed by atoms with E-state index in [2.05, 4.69) is 27.7 Å². The molecule has 1 radical (unpaired) electrons. The van der Waals surface area contributed by atoms with E-state index in [1.54, 1.807) is 0 Å². The van der Waals surface area contributed by atoms with E-state index in [1.165, 1.54) is 0 Å². The van der Waals surface area contributed by atoms with Crippen LogP contribution < -0.4 is 0 Å². The molecule has 0 saturated carbocycles. The second-order valence-corrected chi connectivity index (χ2v) is 10.3. The molecule has 0 spiro atoms. The Morgan fingerprint density at radius 2 is 1.21 bits per heavy atom. The molecule has 9 heteroatoms. The van der Waals surface area contributed by atoms with Gasteiger partial charge in [0.15, 0.2) is 0 Å². The molecule has 7 nitrogen and oxygen atoms in total. The van der Waals surface area contributed by atoms with Crippen LogP contribution in [0.1, 0.15) is 91.9 Å². The van der Waals surface area contributed by atoms with Gasteiger partial charge in [0.25, 0.3) is 10.1 Å². The topological polar surface area (TPSA) is 129 Å². The van der Waals surface area contributed by atoms with Crippen LogP contribution in [0, 0.1) is 17.8 Å². The first kappa shape index (κ1) is 31.0. The summed E-state index contributed by atoms with van der Waals surface area (Å²) >= 11 is 0. The minimum absolute atomic E-state index is 0. The number of carboxylic acid groups (broad SMARTS) is 2. The molecule has 0 amide bonds. The van der Waals surface area contributed by atoms with Crippen molar-refractivity contribution in [2.75, 3.05) is 0 Å². The Balaban J connectivity index is 0. The normalized spacial score (nSPS) is 15.0. The molecular formula is C20H38NaO7S. The average Bonchev–Trinajstić information content (AvgIpc) is 2.52. The third kappa shape index (κ3) is 10.6. The summed E-state index contributed by atoms with van der Waals surface area (Å²) in [7, 11) is -5.11. The third-order valence-corrected chi connectivity index (χ3v) is 6.87. The molecule has 0 aromatic heterocycles. The van der Waals surface area contributed by atoms with Gasteiger partial charge in [-0.2, -0.15) is 8.42 Å². The van der Waals surface area contributed by atoms with Gasteiger partial charge in [0.1, 0.15) is 0 Å².